The Balaban J connectivity index is 2.06. The molecule has 7 heteroatoms. The Morgan fingerprint density at radius 2 is 1.96 bits per heavy atom. The van der Waals surface area contributed by atoms with E-state index in [1.165, 1.54) is 22.2 Å². The van der Waals surface area contributed by atoms with Crippen LogP contribution in [0, 0.1) is 13.8 Å². The average molecular weight is 347 g/mol. The van der Waals surface area contributed by atoms with Gasteiger partial charge < -0.3 is 0 Å². The topological polar surface area (TPSA) is 64.0 Å². The second-order valence-corrected chi connectivity index (χ2v) is 7.94. The smallest absolute Gasteiger partial charge is 0.265 e. The number of aromatic nitrogens is 2. The third-order valence-corrected chi connectivity index (χ3v) is 5.93. The van der Waals surface area contributed by atoms with Crippen LogP contribution in [-0.2, 0) is 17.1 Å². The van der Waals surface area contributed by atoms with E-state index < -0.39 is 10.0 Å². The molecule has 0 radical (unpaired) electrons. The van der Waals surface area contributed by atoms with Crippen molar-refractivity contribution in [2.24, 2.45) is 7.05 Å². The monoisotopic (exact) mass is 347 g/mol. The number of hydrogen-bond donors (Lipinski definition) is 1. The Morgan fingerprint density at radius 3 is 2.65 bits per heavy atom. The lowest BCUT2D eigenvalue weighted by molar-refractivity contribution is 0.601. The van der Waals surface area contributed by atoms with Crippen LogP contribution in [0.2, 0.25) is 0 Å². The molecule has 5 nitrogen and oxygen atoms in total. The van der Waals surface area contributed by atoms with Crippen LogP contribution in [0.3, 0.4) is 0 Å². The van der Waals surface area contributed by atoms with E-state index in [0.29, 0.717) is 11.4 Å². The molecule has 3 rings (SSSR count). The van der Waals surface area contributed by atoms with E-state index in [0.717, 1.165) is 16.0 Å². The highest BCUT2D eigenvalue weighted by Crippen LogP contribution is 2.31. The Kier molecular flexibility index (Phi) is 3.99. The summed E-state index contributed by atoms with van der Waals surface area (Å²) in [4.78, 5) is 1.01. The number of nitrogens with one attached hydrogen (secondary N) is 1. The minimum Gasteiger partial charge on any atom is -0.279 e. The van der Waals surface area contributed by atoms with Crippen molar-refractivity contribution >= 4 is 27.0 Å². The number of thiophene rings is 1. The lowest BCUT2D eigenvalue weighted by Crippen LogP contribution is -2.14. The molecule has 2 heterocycles. The lowest BCUT2D eigenvalue weighted by Gasteiger charge is -2.11. The van der Waals surface area contributed by atoms with E-state index in [-0.39, 0.29) is 4.90 Å². The first kappa shape index (κ1) is 15.8. The van der Waals surface area contributed by atoms with E-state index in [9.17, 15) is 8.42 Å². The maximum absolute atomic E-state index is 12.8. The second-order valence-electron chi connectivity index (χ2n) is 5.35. The zero-order valence-electron chi connectivity index (χ0n) is 13.1. The van der Waals surface area contributed by atoms with Crippen LogP contribution in [0.4, 0.5) is 5.69 Å². The zero-order chi connectivity index (χ0) is 16.6. The molecule has 0 fully saturated rings. The van der Waals surface area contributed by atoms with Crippen molar-refractivity contribution < 1.29 is 8.42 Å². The fourth-order valence-corrected chi connectivity index (χ4v) is 4.41. The van der Waals surface area contributed by atoms with E-state index in [1.54, 1.807) is 13.1 Å². The van der Waals surface area contributed by atoms with Crippen molar-refractivity contribution in [2.75, 3.05) is 4.72 Å². The van der Waals surface area contributed by atoms with E-state index in [2.05, 4.69) is 9.82 Å². The van der Waals surface area contributed by atoms with Crippen LogP contribution in [0.25, 0.3) is 10.6 Å². The van der Waals surface area contributed by atoms with Gasteiger partial charge in [0.05, 0.1) is 10.6 Å². The SMILES string of the molecule is Cc1cccc(NS(=O)(=O)c2cn(C)nc2-c2cccs2)c1C. The van der Waals surface area contributed by atoms with Crippen molar-refractivity contribution in [3.63, 3.8) is 0 Å². The third kappa shape index (κ3) is 3.02. The molecule has 0 amide bonds. The first-order valence-corrected chi connectivity index (χ1v) is 9.41. The quantitative estimate of drug-likeness (QED) is 0.785. The highest BCUT2D eigenvalue weighted by atomic mass is 32.2. The summed E-state index contributed by atoms with van der Waals surface area (Å²) in [6, 6.07) is 9.30. The molecule has 0 saturated carbocycles. The van der Waals surface area contributed by atoms with Gasteiger partial charge in [-0.05, 0) is 42.5 Å². The molecule has 0 unspecified atom stereocenters. The highest BCUT2D eigenvalue weighted by molar-refractivity contribution is 7.92. The Hall–Kier alpha value is -2.12. The molecule has 0 spiro atoms. The zero-order valence-corrected chi connectivity index (χ0v) is 14.7. The normalized spacial score (nSPS) is 11.6. The van der Waals surface area contributed by atoms with Crippen LogP contribution in [0.15, 0.2) is 46.8 Å². The molecule has 0 saturated heterocycles. The standard InChI is InChI=1S/C16H17N3O2S2/c1-11-6-4-7-13(12(11)2)18-23(20,21)15-10-19(3)17-16(15)14-8-5-9-22-14/h4-10,18H,1-3H3. The van der Waals surface area contributed by atoms with Gasteiger partial charge in [0.1, 0.15) is 10.6 Å². The molecule has 0 atom stereocenters. The summed E-state index contributed by atoms with van der Waals surface area (Å²) < 4.78 is 29.9. The highest BCUT2D eigenvalue weighted by Gasteiger charge is 2.24. The van der Waals surface area contributed by atoms with Crippen LogP contribution in [-0.4, -0.2) is 18.2 Å². The first-order valence-electron chi connectivity index (χ1n) is 7.05. The maximum atomic E-state index is 12.8. The van der Waals surface area contributed by atoms with Crippen molar-refractivity contribution in [2.45, 2.75) is 18.7 Å². The summed E-state index contributed by atoms with van der Waals surface area (Å²) in [6.45, 7) is 3.85. The summed E-state index contributed by atoms with van der Waals surface area (Å²) in [7, 11) is -2.00. The number of nitrogens with zero attached hydrogens (tertiary/aromatic N) is 2. The summed E-state index contributed by atoms with van der Waals surface area (Å²) in [5, 5.41) is 6.21. The summed E-state index contributed by atoms with van der Waals surface area (Å²) in [5.41, 5.74) is 3.01. The van der Waals surface area contributed by atoms with Crippen molar-refractivity contribution in [1.82, 2.24) is 9.78 Å². The maximum Gasteiger partial charge on any atom is 0.265 e. The van der Waals surface area contributed by atoms with E-state index in [4.69, 9.17) is 0 Å². The summed E-state index contributed by atoms with van der Waals surface area (Å²) in [5.74, 6) is 0. The van der Waals surface area contributed by atoms with Gasteiger partial charge in [-0.1, -0.05) is 18.2 Å². The van der Waals surface area contributed by atoms with Crippen LogP contribution in [0.1, 0.15) is 11.1 Å². The number of sulfonamides is 1. The minimum atomic E-state index is -3.72. The van der Waals surface area contributed by atoms with Gasteiger partial charge in [-0.2, -0.15) is 5.10 Å². The molecule has 0 bridgehead atoms. The van der Waals surface area contributed by atoms with E-state index >= 15 is 0 Å². The average Bonchev–Trinajstić information content (AvgIpc) is 3.12. The lowest BCUT2D eigenvalue weighted by atomic mass is 10.1. The largest absolute Gasteiger partial charge is 0.279 e. The van der Waals surface area contributed by atoms with Gasteiger partial charge in [-0.3, -0.25) is 9.40 Å². The number of anilines is 1. The molecule has 0 aliphatic rings. The van der Waals surface area contributed by atoms with Gasteiger partial charge in [-0.15, -0.1) is 11.3 Å². The van der Waals surface area contributed by atoms with Gasteiger partial charge in [0.15, 0.2) is 0 Å². The Bertz CT molecular complexity index is 942. The van der Waals surface area contributed by atoms with Gasteiger partial charge in [0.25, 0.3) is 10.0 Å². The van der Waals surface area contributed by atoms with Crippen LogP contribution >= 0.6 is 11.3 Å². The molecule has 23 heavy (non-hydrogen) atoms. The predicted octanol–water partition coefficient (Wildman–Crippen LogP) is 3.57. The number of rotatable bonds is 4. The first-order chi connectivity index (χ1) is 10.9. The molecule has 2 aromatic heterocycles. The van der Waals surface area contributed by atoms with Gasteiger partial charge in [0, 0.05) is 13.2 Å². The summed E-state index contributed by atoms with van der Waals surface area (Å²) in [6.07, 6.45) is 1.53. The predicted molar refractivity (Wildman–Crippen MR) is 93.2 cm³/mol. The Labute approximate surface area is 139 Å². The fourth-order valence-electron chi connectivity index (χ4n) is 2.31. The van der Waals surface area contributed by atoms with Crippen molar-refractivity contribution in [1.29, 1.82) is 0 Å². The molecule has 0 aliphatic carbocycles. The van der Waals surface area contributed by atoms with Gasteiger partial charge in [-0.25, -0.2) is 8.42 Å². The van der Waals surface area contributed by atoms with E-state index in [1.807, 2.05) is 43.5 Å². The minimum absolute atomic E-state index is 0.184. The molecule has 1 aromatic carbocycles. The summed E-state index contributed by atoms with van der Waals surface area (Å²) >= 11 is 1.46. The molecule has 120 valence electrons. The third-order valence-electron chi connectivity index (χ3n) is 3.69. The molecule has 3 aromatic rings. The van der Waals surface area contributed by atoms with Crippen LogP contribution < -0.4 is 4.72 Å². The van der Waals surface area contributed by atoms with Crippen LogP contribution in [0.5, 0.6) is 0 Å². The van der Waals surface area contributed by atoms with Crippen molar-refractivity contribution in [3.8, 4) is 10.6 Å². The number of aryl methyl sites for hydroxylation is 2. The number of benzene rings is 1. The fraction of sp³-hybridized carbons (Fsp3) is 0.188. The molecule has 0 aliphatic heterocycles. The molecule has 1 N–H and O–H groups in total. The van der Waals surface area contributed by atoms with Crippen molar-refractivity contribution in [3.05, 3.63) is 53.0 Å². The molecular weight excluding hydrogens is 330 g/mol. The van der Waals surface area contributed by atoms with Gasteiger partial charge in [0.2, 0.25) is 0 Å². The second kappa shape index (κ2) is 5.82. The van der Waals surface area contributed by atoms with Gasteiger partial charge >= 0.3 is 0 Å². The molecular formula is C16H17N3O2S2. The Morgan fingerprint density at radius 1 is 1.17 bits per heavy atom. The number of hydrogen-bond acceptors (Lipinski definition) is 4.